The smallest absolute Gasteiger partial charge is 0.224 e. The molecular formula is C15H21NO2. The van der Waals surface area contributed by atoms with Gasteiger partial charge in [-0.1, -0.05) is 43.7 Å². The number of aliphatic hydroxyl groups is 1. The molecule has 0 aromatic heterocycles. The molecule has 1 fully saturated rings. The Morgan fingerprint density at radius 2 is 2.00 bits per heavy atom. The maximum atomic E-state index is 11.9. The third kappa shape index (κ3) is 2.56. The number of aliphatic hydroxyl groups excluding tert-OH is 1. The first kappa shape index (κ1) is 13.1. The Bertz CT molecular complexity index is 436. The fourth-order valence-electron chi connectivity index (χ4n) is 2.28. The molecule has 0 heterocycles. The molecule has 0 radical (unpaired) electrons. The van der Waals surface area contributed by atoms with Crippen molar-refractivity contribution in [3.8, 4) is 0 Å². The Hall–Kier alpha value is -1.35. The predicted octanol–water partition coefficient (Wildman–Crippen LogP) is 1.81. The van der Waals surface area contributed by atoms with Crippen LogP contribution < -0.4 is 5.32 Å². The van der Waals surface area contributed by atoms with Gasteiger partial charge in [-0.3, -0.25) is 4.79 Å². The van der Waals surface area contributed by atoms with Gasteiger partial charge in [0.05, 0.1) is 12.5 Å². The Kier molecular flexibility index (Phi) is 3.44. The summed E-state index contributed by atoms with van der Waals surface area (Å²) in [7, 11) is 0. The Morgan fingerprint density at radius 1 is 1.39 bits per heavy atom. The van der Waals surface area contributed by atoms with Gasteiger partial charge in [-0.2, -0.15) is 0 Å². The number of aryl methyl sites for hydroxylation is 1. The van der Waals surface area contributed by atoms with Crippen LogP contribution in [0, 0.1) is 12.3 Å². The summed E-state index contributed by atoms with van der Waals surface area (Å²) in [6, 6.07) is 8.08. The average Bonchev–Trinajstić information content (AvgIpc) is 2.32. The lowest BCUT2D eigenvalue weighted by Crippen LogP contribution is -2.61. The van der Waals surface area contributed by atoms with Gasteiger partial charge in [0.15, 0.2) is 0 Å². The minimum atomic E-state index is -0.304. The van der Waals surface area contributed by atoms with Crippen molar-refractivity contribution in [2.24, 2.45) is 5.41 Å². The van der Waals surface area contributed by atoms with E-state index in [0.29, 0.717) is 12.8 Å². The van der Waals surface area contributed by atoms with E-state index in [-0.39, 0.29) is 23.5 Å². The molecule has 2 rings (SSSR count). The molecule has 2 atom stereocenters. The lowest BCUT2D eigenvalue weighted by atomic mass is 9.64. The molecule has 2 unspecified atom stereocenters. The van der Waals surface area contributed by atoms with Gasteiger partial charge in [0.2, 0.25) is 5.91 Å². The normalized spacial score (nSPS) is 25.3. The molecule has 18 heavy (non-hydrogen) atoms. The number of rotatable bonds is 3. The van der Waals surface area contributed by atoms with E-state index >= 15 is 0 Å². The summed E-state index contributed by atoms with van der Waals surface area (Å²) < 4.78 is 0. The monoisotopic (exact) mass is 247 g/mol. The standard InChI is InChI=1S/C15H21NO2/c1-10-4-6-11(7-5-10)8-14(18)16-12-9-13(17)15(12,2)3/h4-7,12-13,17H,8-9H2,1-3H3,(H,16,18). The van der Waals surface area contributed by atoms with Gasteiger partial charge >= 0.3 is 0 Å². The van der Waals surface area contributed by atoms with Crippen LogP contribution in [0.15, 0.2) is 24.3 Å². The average molecular weight is 247 g/mol. The van der Waals surface area contributed by atoms with Crippen molar-refractivity contribution in [3.63, 3.8) is 0 Å². The van der Waals surface area contributed by atoms with E-state index in [9.17, 15) is 9.90 Å². The Labute approximate surface area is 108 Å². The zero-order valence-corrected chi connectivity index (χ0v) is 11.2. The van der Waals surface area contributed by atoms with Crippen molar-refractivity contribution in [3.05, 3.63) is 35.4 Å². The third-order valence-corrected chi connectivity index (χ3v) is 4.04. The molecule has 0 aliphatic heterocycles. The van der Waals surface area contributed by atoms with Crippen molar-refractivity contribution in [2.45, 2.75) is 45.8 Å². The summed E-state index contributed by atoms with van der Waals surface area (Å²) in [6.07, 6.45) is 0.762. The van der Waals surface area contributed by atoms with Crippen LogP contribution in [0.25, 0.3) is 0 Å². The maximum Gasteiger partial charge on any atom is 0.224 e. The highest BCUT2D eigenvalue weighted by molar-refractivity contribution is 5.79. The van der Waals surface area contributed by atoms with Crippen molar-refractivity contribution < 1.29 is 9.90 Å². The summed E-state index contributed by atoms with van der Waals surface area (Å²) in [6.45, 7) is 6.00. The summed E-state index contributed by atoms with van der Waals surface area (Å²) >= 11 is 0. The van der Waals surface area contributed by atoms with Crippen LogP contribution >= 0.6 is 0 Å². The quantitative estimate of drug-likeness (QED) is 0.856. The first-order valence-electron chi connectivity index (χ1n) is 6.42. The van der Waals surface area contributed by atoms with Gasteiger partial charge in [-0.05, 0) is 18.9 Å². The third-order valence-electron chi connectivity index (χ3n) is 4.04. The van der Waals surface area contributed by atoms with Crippen molar-refractivity contribution >= 4 is 5.91 Å². The highest BCUT2D eigenvalue weighted by atomic mass is 16.3. The lowest BCUT2D eigenvalue weighted by molar-refractivity contribution is -0.128. The van der Waals surface area contributed by atoms with Crippen LogP contribution in [-0.4, -0.2) is 23.2 Å². The van der Waals surface area contributed by atoms with Crippen LogP contribution in [-0.2, 0) is 11.2 Å². The van der Waals surface area contributed by atoms with Crippen LogP contribution in [0.5, 0.6) is 0 Å². The van der Waals surface area contributed by atoms with E-state index in [1.807, 2.05) is 45.0 Å². The molecule has 3 heteroatoms. The summed E-state index contributed by atoms with van der Waals surface area (Å²) in [5, 5.41) is 12.6. The van der Waals surface area contributed by atoms with Crippen molar-refractivity contribution in [1.82, 2.24) is 5.32 Å². The molecule has 1 aromatic rings. The number of nitrogens with one attached hydrogen (secondary N) is 1. The van der Waals surface area contributed by atoms with E-state index in [1.165, 1.54) is 5.56 Å². The Balaban J connectivity index is 1.88. The number of hydrogen-bond acceptors (Lipinski definition) is 2. The molecule has 1 aliphatic rings. The number of carbonyl (C=O) groups is 1. The number of amides is 1. The van der Waals surface area contributed by atoms with Crippen LogP contribution in [0.3, 0.4) is 0 Å². The molecule has 98 valence electrons. The highest BCUT2D eigenvalue weighted by Gasteiger charge is 2.47. The second-order valence-electron chi connectivity index (χ2n) is 5.86. The van der Waals surface area contributed by atoms with E-state index in [1.54, 1.807) is 0 Å². The van der Waals surface area contributed by atoms with Crippen molar-refractivity contribution in [1.29, 1.82) is 0 Å². The maximum absolute atomic E-state index is 11.9. The molecule has 1 aromatic carbocycles. The van der Waals surface area contributed by atoms with Crippen molar-refractivity contribution in [2.75, 3.05) is 0 Å². The topological polar surface area (TPSA) is 49.3 Å². The van der Waals surface area contributed by atoms with Gasteiger partial charge in [0.1, 0.15) is 0 Å². The fraction of sp³-hybridized carbons (Fsp3) is 0.533. The minimum absolute atomic E-state index is 0.0313. The first-order valence-corrected chi connectivity index (χ1v) is 6.42. The van der Waals surface area contributed by atoms with Crippen LogP contribution in [0.1, 0.15) is 31.4 Å². The van der Waals surface area contributed by atoms with E-state index < -0.39 is 0 Å². The predicted molar refractivity (Wildman–Crippen MR) is 71.2 cm³/mol. The molecule has 2 N–H and O–H groups in total. The lowest BCUT2D eigenvalue weighted by Gasteiger charge is -2.49. The molecule has 3 nitrogen and oxygen atoms in total. The van der Waals surface area contributed by atoms with Crippen LogP contribution in [0.4, 0.5) is 0 Å². The summed E-state index contributed by atoms with van der Waals surface area (Å²) in [5.74, 6) is 0.0313. The number of carbonyl (C=O) groups excluding carboxylic acids is 1. The Morgan fingerprint density at radius 3 is 2.50 bits per heavy atom. The van der Waals surface area contributed by atoms with Crippen LogP contribution in [0.2, 0.25) is 0 Å². The zero-order chi connectivity index (χ0) is 13.3. The fourth-order valence-corrected chi connectivity index (χ4v) is 2.28. The molecule has 0 bridgehead atoms. The van der Waals surface area contributed by atoms with Gasteiger partial charge < -0.3 is 10.4 Å². The molecule has 0 spiro atoms. The summed E-state index contributed by atoms with van der Waals surface area (Å²) in [5.41, 5.74) is 2.02. The van der Waals surface area contributed by atoms with Gasteiger partial charge in [0, 0.05) is 11.5 Å². The van der Waals surface area contributed by atoms with Gasteiger partial charge in [-0.15, -0.1) is 0 Å². The second-order valence-corrected chi connectivity index (χ2v) is 5.86. The summed E-state index contributed by atoms with van der Waals surface area (Å²) in [4.78, 5) is 11.9. The van der Waals surface area contributed by atoms with E-state index in [4.69, 9.17) is 0 Å². The molecule has 1 saturated carbocycles. The molecule has 1 amide bonds. The molecule has 1 aliphatic carbocycles. The minimum Gasteiger partial charge on any atom is -0.392 e. The number of benzene rings is 1. The molecular weight excluding hydrogens is 226 g/mol. The second kappa shape index (κ2) is 4.73. The van der Waals surface area contributed by atoms with E-state index in [2.05, 4.69) is 5.32 Å². The molecule has 0 saturated heterocycles. The SMILES string of the molecule is Cc1ccc(CC(=O)NC2CC(O)C2(C)C)cc1. The highest BCUT2D eigenvalue weighted by Crippen LogP contribution is 2.40. The van der Waals surface area contributed by atoms with E-state index in [0.717, 1.165) is 5.56 Å². The number of hydrogen-bond donors (Lipinski definition) is 2. The van der Waals surface area contributed by atoms with Gasteiger partial charge in [0.25, 0.3) is 0 Å². The van der Waals surface area contributed by atoms with Gasteiger partial charge in [-0.25, -0.2) is 0 Å². The first-order chi connectivity index (χ1) is 8.39. The largest absolute Gasteiger partial charge is 0.392 e. The zero-order valence-electron chi connectivity index (χ0n) is 11.2.